The average molecular weight is 256 g/mol. The molecule has 0 aromatic heterocycles. The number of carbonyl (C=O) groups is 1. The van der Waals surface area contributed by atoms with Crippen LogP contribution >= 0.6 is 0 Å². The molecule has 5 nitrogen and oxygen atoms in total. The number of halogens is 1. The van der Waals surface area contributed by atoms with Gasteiger partial charge in [-0.05, 0) is 30.2 Å². The van der Waals surface area contributed by atoms with E-state index in [1.54, 1.807) is 6.92 Å². The zero-order valence-corrected chi connectivity index (χ0v) is 10.3. The van der Waals surface area contributed by atoms with Gasteiger partial charge >= 0.3 is 0 Å². The average Bonchev–Trinajstić information content (AvgIpc) is 2.29. The van der Waals surface area contributed by atoms with Crippen LogP contribution in [-0.4, -0.2) is 28.8 Å². The van der Waals surface area contributed by atoms with Crippen LogP contribution in [0.15, 0.2) is 12.1 Å². The Hall–Kier alpha value is -1.66. The summed E-state index contributed by atoms with van der Waals surface area (Å²) < 4.78 is 13.3. The third-order valence-electron chi connectivity index (χ3n) is 2.63. The van der Waals surface area contributed by atoms with Gasteiger partial charge < -0.3 is 21.3 Å². The number of nitrogen functional groups attached to an aromatic ring is 1. The van der Waals surface area contributed by atoms with Crippen LogP contribution in [0.1, 0.15) is 24.2 Å². The van der Waals surface area contributed by atoms with Crippen LogP contribution in [0, 0.1) is 12.7 Å². The third kappa shape index (κ3) is 3.41. The van der Waals surface area contributed by atoms with Gasteiger partial charge in [0.25, 0.3) is 0 Å². The Balaban J connectivity index is 2.86. The second-order valence-corrected chi connectivity index (χ2v) is 4.18. The van der Waals surface area contributed by atoms with E-state index < -0.39 is 18.0 Å². The lowest BCUT2D eigenvalue weighted by molar-refractivity contribution is -0.119. The molecule has 0 aliphatic carbocycles. The molecule has 1 rings (SSSR count). The Morgan fingerprint density at radius 3 is 2.67 bits per heavy atom. The Morgan fingerprint density at radius 1 is 1.50 bits per heavy atom. The fourth-order valence-corrected chi connectivity index (χ4v) is 1.61. The summed E-state index contributed by atoms with van der Waals surface area (Å²) in [7, 11) is 0. The Labute approximate surface area is 104 Å². The highest BCUT2D eigenvalue weighted by atomic mass is 19.1. The number of nitrogens with two attached hydrogens (primary N) is 1. The largest absolute Gasteiger partial charge is 0.396 e. The smallest absolute Gasteiger partial charge is 0.216 e. The SMILES string of the molecule is CC(=O)NCC(O)C(O)c1cc(F)c(N)cc1C. The number of hydrogen-bond donors (Lipinski definition) is 4. The van der Waals surface area contributed by atoms with Crippen molar-refractivity contribution < 1.29 is 19.4 Å². The number of aliphatic hydroxyl groups is 2. The molecule has 2 atom stereocenters. The van der Waals surface area contributed by atoms with Gasteiger partial charge in [-0.2, -0.15) is 0 Å². The van der Waals surface area contributed by atoms with Crippen molar-refractivity contribution in [1.29, 1.82) is 0 Å². The number of nitrogens with one attached hydrogen (secondary N) is 1. The minimum Gasteiger partial charge on any atom is -0.396 e. The summed E-state index contributed by atoms with van der Waals surface area (Å²) in [5, 5.41) is 21.9. The van der Waals surface area contributed by atoms with Crippen molar-refractivity contribution in [2.24, 2.45) is 0 Å². The van der Waals surface area contributed by atoms with E-state index in [2.05, 4.69) is 5.32 Å². The van der Waals surface area contributed by atoms with Gasteiger partial charge in [-0.15, -0.1) is 0 Å². The molecule has 6 heteroatoms. The van der Waals surface area contributed by atoms with E-state index in [4.69, 9.17) is 5.73 Å². The second-order valence-electron chi connectivity index (χ2n) is 4.18. The van der Waals surface area contributed by atoms with Gasteiger partial charge in [0.2, 0.25) is 5.91 Å². The van der Waals surface area contributed by atoms with E-state index in [1.807, 2.05) is 0 Å². The van der Waals surface area contributed by atoms with Crippen molar-refractivity contribution in [1.82, 2.24) is 5.32 Å². The van der Waals surface area contributed by atoms with E-state index >= 15 is 0 Å². The van der Waals surface area contributed by atoms with Crippen molar-refractivity contribution in [2.75, 3.05) is 12.3 Å². The fraction of sp³-hybridized carbons (Fsp3) is 0.417. The van der Waals surface area contributed by atoms with E-state index in [0.29, 0.717) is 5.56 Å². The normalized spacial score (nSPS) is 14.1. The van der Waals surface area contributed by atoms with E-state index in [9.17, 15) is 19.4 Å². The van der Waals surface area contributed by atoms with Crippen molar-refractivity contribution in [3.05, 3.63) is 29.1 Å². The van der Waals surface area contributed by atoms with E-state index in [0.717, 1.165) is 6.07 Å². The first-order valence-electron chi connectivity index (χ1n) is 5.49. The lowest BCUT2D eigenvalue weighted by atomic mass is 9.98. The molecule has 0 bridgehead atoms. The van der Waals surface area contributed by atoms with Gasteiger partial charge in [-0.3, -0.25) is 4.79 Å². The number of carbonyl (C=O) groups excluding carboxylic acids is 1. The van der Waals surface area contributed by atoms with Gasteiger partial charge in [0, 0.05) is 13.5 Å². The molecule has 0 saturated heterocycles. The Morgan fingerprint density at radius 2 is 2.11 bits per heavy atom. The van der Waals surface area contributed by atoms with Crippen LogP contribution in [0.2, 0.25) is 0 Å². The number of amides is 1. The van der Waals surface area contributed by atoms with Gasteiger partial charge in [0.05, 0.1) is 5.69 Å². The first kappa shape index (κ1) is 14.4. The highest BCUT2D eigenvalue weighted by Crippen LogP contribution is 2.24. The predicted molar refractivity (Wildman–Crippen MR) is 65.2 cm³/mol. The first-order valence-corrected chi connectivity index (χ1v) is 5.49. The quantitative estimate of drug-likeness (QED) is 0.581. The number of benzene rings is 1. The molecule has 1 aromatic rings. The summed E-state index contributed by atoms with van der Waals surface area (Å²) in [6, 6.07) is 2.48. The number of aryl methyl sites for hydroxylation is 1. The molecule has 0 saturated carbocycles. The zero-order chi connectivity index (χ0) is 13.9. The molecule has 0 aliphatic heterocycles. The summed E-state index contributed by atoms with van der Waals surface area (Å²) in [6.45, 7) is 2.84. The van der Waals surface area contributed by atoms with Crippen LogP contribution < -0.4 is 11.1 Å². The van der Waals surface area contributed by atoms with Crippen molar-refractivity contribution in [3.63, 3.8) is 0 Å². The number of anilines is 1. The summed E-state index contributed by atoms with van der Waals surface area (Å²) >= 11 is 0. The molecule has 1 amide bonds. The molecule has 100 valence electrons. The van der Waals surface area contributed by atoms with Crippen LogP contribution in [-0.2, 0) is 4.79 Å². The van der Waals surface area contributed by atoms with Gasteiger partial charge in [-0.25, -0.2) is 4.39 Å². The van der Waals surface area contributed by atoms with Crippen molar-refractivity contribution in [2.45, 2.75) is 26.1 Å². The molecule has 0 heterocycles. The summed E-state index contributed by atoms with van der Waals surface area (Å²) in [6.07, 6.45) is -2.50. The van der Waals surface area contributed by atoms with Gasteiger partial charge in [0.15, 0.2) is 0 Å². The molecule has 1 aromatic carbocycles. The molecule has 0 spiro atoms. The predicted octanol–water partition coefficient (Wildman–Crippen LogP) is 0.247. The van der Waals surface area contributed by atoms with Gasteiger partial charge in [-0.1, -0.05) is 0 Å². The lowest BCUT2D eigenvalue weighted by Crippen LogP contribution is -2.34. The maximum absolute atomic E-state index is 13.3. The molecule has 2 unspecified atom stereocenters. The highest BCUT2D eigenvalue weighted by molar-refractivity contribution is 5.72. The molecule has 0 radical (unpaired) electrons. The number of hydrogen-bond acceptors (Lipinski definition) is 4. The highest BCUT2D eigenvalue weighted by Gasteiger charge is 2.21. The standard InChI is InChI=1S/C12H17FN2O3/c1-6-3-10(14)9(13)4-8(6)12(18)11(17)5-15-7(2)16/h3-4,11-12,17-18H,5,14H2,1-2H3,(H,15,16). The first-order chi connectivity index (χ1) is 8.32. The zero-order valence-electron chi connectivity index (χ0n) is 10.3. The molecule has 0 aliphatic rings. The monoisotopic (exact) mass is 256 g/mol. The van der Waals surface area contributed by atoms with E-state index in [1.165, 1.54) is 13.0 Å². The minimum absolute atomic E-state index is 0.0141. The molecular weight excluding hydrogens is 239 g/mol. The molecule has 18 heavy (non-hydrogen) atoms. The maximum atomic E-state index is 13.3. The summed E-state index contributed by atoms with van der Waals surface area (Å²) in [5.74, 6) is -0.970. The lowest BCUT2D eigenvalue weighted by Gasteiger charge is -2.20. The van der Waals surface area contributed by atoms with Gasteiger partial charge in [0.1, 0.15) is 18.0 Å². The second kappa shape index (κ2) is 5.79. The fourth-order valence-electron chi connectivity index (χ4n) is 1.61. The van der Waals surface area contributed by atoms with Crippen molar-refractivity contribution >= 4 is 11.6 Å². The number of rotatable bonds is 4. The summed E-state index contributed by atoms with van der Waals surface area (Å²) in [5.41, 5.74) is 6.20. The summed E-state index contributed by atoms with van der Waals surface area (Å²) in [4.78, 5) is 10.7. The van der Waals surface area contributed by atoms with Crippen LogP contribution in [0.4, 0.5) is 10.1 Å². The van der Waals surface area contributed by atoms with Crippen LogP contribution in [0.25, 0.3) is 0 Å². The van der Waals surface area contributed by atoms with E-state index in [-0.39, 0.29) is 23.7 Å². The van der Waals surface area contributed by atoms with Crippen LogP contribution in [0.3, 0.4) is 0 Å². The maximum Gasteiger partial charge on any atom is 0.216 e. The third-order valence-corrected chi connectivity index (χ3v) is 2.63. The molecule has 0 fully saturated rings. The topological polar surface area (TPSA) is 95.6 Å². The van der Waals surface area contributed by atoms with Crippen molar-refractivity contribution in [3.8, 4) is 0 Å². The minimum atomic E-state index is -1.29. The Kier molecular flexibility index (Phi) is 4.63. The Bertz CT molecular complexity index is 451. The molecule has 5 N–H and O–H groups in total. The van der Waals surface area contributed by atoms with Crippen LogP contribution in [0.5, 0.6) is 0 Å². The number of aliphatic hydroxyl groups excluding tert-OH is 2. The molecular formula is C12H17FN2O3.